The van der Waals surface area contributed by atoms with Gasteiger partial charge in [-0.2, -0.15) is 13.2 Å². The molecule has 0 aliphatic heterocycles. The molecule has 3 nitrogen and oxygen atoms in total. The van der Waals surface area contributed by atoms with Crippen LogP contribution in [0.15, 0.2) is 48.9 Å². The molecule has 1 atom stereocenters. The molecule has 148 valence electrons. The van der Waals surface area contributed by atoms with Gasteiger partial charge >= 0.3 is 6.18 Å². The van der Waals surface area contributed by atoms with Crippen LogP contribution in [0.4, 0.5) is 13.2 Å². The molecule has 0 fully saturated rings. The van der Waals surface area contributed by atoms with E-state index in [9.17, 15) is 13.2 Å². The third kappa shape index (κ3) is 4.61. The molecule has 0 N–H and O–H groups in total. The van der Waals surface area contributed by atoms with Crippen LogP contribution < -0.4 is 4.74 Å². The first-order valence-electron chi connectivity index (χ1n) is 9.29. The number of benzene rings is 1. The molecule has 0 unspecified atom stereocenters. The van der Waals surface area contributed by atoms with Crippen LogP contribution in [0.2, 0.25) is 0 Å². The summed E-state index contributed by atoms with van der Waals surface area (Å²) in [5.41, 5.74) is 1.03. The summed E-state index contributed by atoms with van der Waals surface area (Å²) in [5, 5.41) is 0.706. The Morgan fingerprint density at radius 3 is 2.54 bits per heavy atom. The van der Waals surface area contributed by atoms with Gasteiger partial charge in [-0.15, -0.1) is 0 Å². The molecule has 0 radical (unpaired) electrons. The van der Waals surface area contributed by atoms with Crippen LogP contribution in [0.25, 0.3) is 22.0 Å². The van der Waals surface area contributed by atoms with E-state index in [-0.39, 0.29) is 18.3 Å². The summed E-state index contributed by atoms with van der Waals surface area (Å²) < 4.78 is 46.6. The van der Waals surface area contributed by atoms with Gasteiger partial charge in [-0.25, -0.2) is 0 Å². The number of aromatic nitrogens is 2. The number of ether oxygens (including phenoxy) is 1. The Bertz CT molecular complexity index is 949. The third-order valence-corrected chi connectivity index (χ3v) is 4.54. The predicted molar refractivity (Wildman–Crippen MR) is 104 cm³/mol. The van der Waals surface area contributed by atoms with Crippen LogP contribution in [0.5, 0.6) is 5.75 Å². The van der Waals surface area contributed by atoms with Crippen LogP contribution in [0.1, 0.15) is 32.8 Å². The average molecular weight is 388 g/mol. The van der Waals surface area contributed by atoms with Crippen LogP contribution in [0, 0.1) is 11.8 Å². The normalized spacial score (nSPS) is 13.1. The molecule has 6 heteroatoms. The van der Waals surface area contributed by atoms with Crippen molar-refractivity contribution in [2.24, 2.45) is 11.8 Å². The van der Waals surface area contributed by atoms with E-state index in [1.54, 1.807) is 36.8 Å². The van der Waals surface area contributed by atoms with E-state index in [1.807, 2.05) is 6.92 Å². The van der Waals surface area contributed by atoms with Crippen molar-refractivity contribution >= 4 is 10.9 Å². The molecule has 2 aromatic heterocycles. The minimum atomic E-state index is -4.51. The molecule has 2 heterocycles. The fraction of sp³-hybridized carbons (Fsp3) is 0.364. The van der Waals surface area contributed by atoms with Gasteiger partial charge in [-0.1, -0.05) is 26.8 Å². The predicted octanol–water partition coefficient (Wildman–Crippen LogP) is 6.38. The van der Waals surface area contributed by atoms with E-state index >= 15 is 0 Å². The van der Waals surface area contributed by atoms with Crippen molar-refractivity contribution in [2.45, 2.75) is 33.4 Å². The van der Waals surface area contributed by atoms with Gasteiger partial charge in [0, 0.05) is 24.0 Å². The molecule has 0 saturated heterocycles. The Labute approximate surface area is 162 Å². The van der Waals surface area contributed by atoms with Crippen molar-refractivity contribution in [3.63, 3.8) is 0 Å². The molecule has 0 amide bonds. The fourth-order valence-electron chi connectivity index (χ4n) is 3.39. The van der Waals surface area contributed by atoms with Gasteiger partial charge in [-0.3, -0.25) is 9.97 Å². The number of fused-ring (bicyclic) bond motifs is 1. The lowest BCUT2D eigenvalue weighted by Gasteiger charge is -2.19. The summed E-state index contributed by atoms with van der Waals surface area (Å²) >= 11 is 0. The average Bonchev–Trinajstić information content (AvgIpc) is 2.64. The fourth-order valence-corrected chi connectivity index (χ4v) is 3.39. The van der Waals surface area contributed by atoms with Gasteiger partial charge in [-0.05, 0) is 53.6 Å². The van der Waals surface area contributed by atoms with Gasteiger partial charge in [0.15, 0.2) is 0 Å². The molecule has 0 bridgehead atoms. The zero-order valence-electron chi connectivity index (χ0n) is 16.1. The highest BCUT2D eigenvalue weighted by Gasteiger charge is 2.35. The molecule has 0 aliphatic carbocycles. The first-order chi connectivity index (χ1) is 13.3. The van der Waals surface area contributed by atoms with Crippen molar-refractivity contribution in [3.05, 3.63) is 54.5 Å². The lowest BCUT2D eigenvalue weighted by Crippen LogP contribution is -2.14. The highest BCUT2D eigenvalue weighted by atomic mass is 19.4. The minimum Gasteiger partial charge on any atom is -0.493 e. The SMILES string of the molecule is CC(C)C[C@@H](C)COc1ccc(-c2ccnc3ccncc23)cc1C(F)(F)F. The smallest absolute Gasteiger partial charge is 0.419 e. The first-order valence-corrected chi connectivity index (χ1v) is 9.29. The largest absolute Gasteiger partial charge is 0.493 e. The van der Waals surface area contributed by atoms with E-state index in [2.05, 4.69) is 23.8 Å². The zero-order chi connectivity index (χ0) is 20.3. The van der Waals surface area contributed by atoms with Crippen LogP contribution in [-0.4, -0.2) is 16.6 Å². The number of rotatable bonds is 6. The van der Waals surface area contributed by atoms with E-state index in [0.717, 1.165) is 12.5 Å². The Hall–Kier alpha value is -2.63. The second kappa shape index (κ2) is 8.17. The molecule has 3 rings (SSSR count). The van der Waals surface area contributed by atoms with E-state index in [4.69, 9.17) is 4.74 Å². The Kier molecular flexibility index (Phi) is 5.87. The minimum absolute atomic E-state index is 0.136. The monoisotopic (exact) mass is 388 g/mol. The summed E-state index contributed by atoms with van der Waals surface area (Å²) in [4.78, 5) is 8.31. The van der Waals surface area contributed by atoms with Gasteiger partial charge in [0.2, 0.25) is 0 Å². The summed E-state index contributed by atoms with van der Waals surface area (Å²) in [6.07, 6.45) is 1.20. The molecule has 0 spiro atoms. The molecular weight excluding hydrogens is 365 g/mol. The van der Waals surface area contributed by atoms with Gasteiger partial charge in [0.1, 0.15) is 5.75 Å². The highest BCUT2D eigenvalue weighted by molar-refractivity contribution is 5.93. The van der Waals surface area contributed by atoms with Gasteiger partial charge in [0.05, 0.1) is 17.7 Å². The quantitative estimate of drug-likeness (QED) is 0.492. The molecule has 0 aliphatic rings. The van der Waals surface area contributed by atoms with Crippen LogP contribution >= 0.6 is 0 Å². The topological polar surface area (TPSA) is 35.0 Å². The van der Waals surface area contributed by atoms with E-state index in [1.165, 1.54) is 6.07 Å². The second-order valence-corrected chi connectivity index (χ2v) is 7.51. The molecule has 3 aromatic rings. The van der Waals surface area contributed by atoms with Gasteiger partial charge in [0.25, 0.3) is 0 Å². The maximum absolute atomic E-state index is 13.7. The summed E-state index contributed by atoms with van der Waals surface area (Å²) in [7, 11) is 0. The third-order valence-electron chi connectivity index (χ3n) is 4.54. The summed E-state index contributed by atoms with van der Waals surface area (Å²) in [5.74, 6) is 0.510. The lowest BCUT2D eigenvalue weighted by molar-refractivity contribution is -0.139. The number of halogens is 3. The Morgan fingerprint density at radius 2 is 1.82 bits per heavy atom. The Balaban J connectivity index is 1.97. The Morgan fingerprint density at radius 1 is 1.04 bits per heavy atom. The molecule has 0 saturated carbocycles. The number of pyridine rings is 2. The standard InChI is InChI=1S/C22H23F3N2O/c1-14(2)10-15(3)13-28-21-5-4-16(11-19(21)22(23,24)25)17-6-9-27-20-7-8-26-12-18(17)20/h4-9,11-12,14-15H,10,13H2,1-3H3/t15-/m1/s1. The second-order valence-electron chi connectivity index (χ2n) is 7.51. The van der Waals surface area contributed by atoms with Crippen molar-refractivity contribution in [2.75, 3.05) is 6.61 Å². The van der Waals surface area contributed by atoms with Crippen LogP contribution in [0.3, 0.4) is 0 Å². The molecule has 1 aromatic carbocycles. The molecule has 28 heavy (non-hydrogen) atoms. The van der Waals surface area contributed by atoms with Gasteiger partial charge < -0.3 is 4.74 Å². The zero-order valence-corrected chi connectivity index (χ0v) is 16.1. The van der Waals surface area contributed by atoms with Crippen molar-refractivity contribution < 1.29 is 17.9 Å². The first kappa shape index (κ1) is 20.1. The van der Waals surface area contributed by atoms with E-state index < -0.39 is 11.7 Å². The number of hydrogen-bond donors (Lipinski definition) is 0. The summed E-state index contributed by atoms with van der Waals surface area (Å²) in [6.45, 7) is 6.40. The summed E-state index contributed by atoms with van der Waals surface area (Å²) in [6, 6.07) is 7.63. The number of alkyl halides is 3. The maximum Gasteiger partial charge on any atom is 0.419 e. The number of hydrogen-bond acceptors (Lipinski definition) is 3. The van der Waals surface area contributed by atoms with Crippen molar-refractivity contribution in [3.8, 4) is 16.9 Å². The van der Waals surface area contributed by atoms with E-state index in [0.29, 0.717) is 27.9 Å². The maximum atomic E-state index is 13.7. The van der Waals surface area contributed by atoms with Crippen molar-refractivity contribution in [1.29, 1.82) is 0 Å². The molecular formula is C22H23F3N2O. The van der Waals surface area contributed by atoms with Crippen LogP contribution in [-0.2, 0) is 6.18 Å². The van der Waals surface area contributed by atoms with Crippen molar-refractivity contribution in [1.82, 2.24) is 9.97 Å². The highest BCUT2D eigenvalue weighted by Crippen LogP contribution is 2.40. The lowest BCUT2D eigenvalue weighted by atomic mass is 9.99. The number of nitrogens with zero attached hydrogens (tertiary/aromatic N) is 2.